The van der Waals surface area contributed by atoms with Gasteiger partial charge in [-0.2, -0.15) is 0 Å². The van der Waals surface area contributed by atoms with E-state index in [0.29, 0.717) is 0 Å². The van der Waals surface area contributed by atoms with Gasteiger partial charge >= 0.3 is 0 Å². The monoisotopic (exact) mass is 153 g/mol. The molecule has 3 nitrogen and oxygen atoms in total. The fourth-order valence-corrected chi connectivity index (χ4v) is 0.615. The molecule has 11 heavy (non-hydrogen) atoms. The van der Waals surface area contributed by atoms with Crippen LogP contribution in [0.2, 0.25) is 0 Å². The molecule has 1 rings (SSSR count). The molecule has 0 N–H and O–H groups in total. The maximum Gasteiger partial charge on any atom is 0.227 e. The van der Waals surface area contributed by atoms with Crippen LogP contribution in [-0.4, -0.2) is 17.1 Å². The quantitative estimate of drug-likeness (QED) is 0.355. The van der Waals surface area contributed by atoms with Crippen LogP contribution in [0.1, 0.15) is 10.4 Å². The van der Waals surface area contributed by atoms with Crippen molar-refractivity contribution in [3.63, 3.8) is 0 Å². The predicted octanol–water partition coefficient (Wildman–Crippen LogP) is 0.602. The molecule has 0 unspecified atom stereocenters. The van der Waals surface area contributed by atoms with Gasteiger partial charge in [0.15, 0.2) is 6.29 Å². The Bertz CT molecular complexity index is 298. The SMILES string of the molecule is O=CC(=O)c1cncc(F)c1. The topological polar surface area (TPSA) is 47.0 Å². The second-order valence-electron chi connectivity index (χ2n) is 1.87. The van der Waals surface area contributed by atoms with E-state index in [-0.39, 0.29) is 11.8 Å². The van der Waals surface area contributed by atoms with Crippen LogP contribution >= 0.6 is 0 Å². The van der Waals surface area contributed by atoms with Crippen LogP contribution in [0.25, 0.3) is 0 Å². The van der Waals surface area contributed by atoms with Crippen molar-refractivity contribution in [1.82, 2.24) is 4.98 Å². The Balaban J connectivity index is 3.05. The first-order chi connectivity index (χ1) is 5.24. The lowest BCUT2D eigenvalue weighted by molar-refractivity contribution is -0.104. The Morgan fingerprint density at radius 1 is 1.55 bits per heavy atom. The molecular formula is C7H4FNO2. The van der Waals surface area contributed by atoms with Crippen molar-refractivity contribution in [2.75, 3.05) is 0 Å². The van der Waals surface area contributed by atoms with E-state index in [4.69, 9.17) is 0 Å². The minimum absolute atomic E-state index is 0.0278. The Hall–Kier alpha value is -1.58. The van der Waals surface area contributed by atoms with Gasteiger partial charge in [-0.1, -0.05) is 0 Å². The number of ketones is 1. The molecule has 0 bridgehead atoms. The average molecular weight is 153 g/mol. The number of hydrogen-bond donors (Lipinski definition) is 0. The highest BCUT2D eigenvalue weighted by atomic mass is 19.1. The predicted molar refractivity (Wildman–Crippen MR) is 34.6 cm³/mol. The third-order valence-corrected chi connectivity index (χ3v) is 1.10. The molecule has 4 heteroatoms. The van der Waals surface area contributed by atoms with E-state index in [2.05, 4.69) is 4.98 Å². The van der Waals surface area contributed by atoms with Crippen molar-refractivity contribution in [2.24, 2.45) is 0 Å². The largest absolute Gasteiger partial charge is 0.294 e. The number of nitrogens with zero attached hydrogens (tertiary/aromatic N) is 1. The number of pyridine rings is 1. The zero-order chi connectivity index (χ0) is 8.27. The first-order valence-corrected chi connectivity index (χ1v) is 2.84. The van der Waals surface area contributed by atoms with Gasteiger partial charge in [0.25, 0.3) is 0 Å². The van der Waals surface area contributed by atoms with Crippen molar-refractivity contribution in [3.8, 4) is 0 Å². The summed E-state index contributed by atoms with van der Waals surface area (Å²) in [5.74, 6) is -1.39. The van der Waals surface area contributed by atoms with E-state index in [1.807, 2.05) is 0 Å². The van der Waals surface area contributed by atoms with Crippen LogP contribution in [0, 0.1) is 5.82 Å². The van der Waals surface area contributed by atoms with Gasteiger partial charge < -0.3 is 0 Å². The third kappa shape index (κ3) is 1.67. The lowest BCUT2D eigenvalue weighted by Gasteiger charge is -1.90. The fraction of sp³-hybridized carbons (Fsp3) is 0. The van der Waals surface area contributed by atoms with E-state index in [1.165, 1.54) is 0 Å². The molecule has 56 valence electrons. The number of halogens is 1. The van der Waals surface area contributed by atoms with Crippen LogP contribution < -0.4 is 0 Å². The average Bonchev–Trinajstić information content (AvgIpc) is 2.03. The van der Waals surface area contributed by atoms with E-state index in [9.17, 15) is 14.0 Å². The molecule has 0 radical (unpaired) electrons. The second kappa shape index (κ2) is 3.01. The number of rotatable bonds is 2. The normalized spacial score (nSPS) is 9.18. The lowest BCUT2D eigenvalue weighted by atomic mass is 10.2. The number of carbonyl (C=O) groups is 2. The molecule has 0 fully saturated rings. The maximum absolute atomic E-state index is 12.3. The fourth-order valence-electron chi connectivity index (χ4n) is 0.615. The van der Waals surface area contributed by atoms with Crippen molar-refractivity contribution in [3.05, 3.63) is 29.8 Å². The molecule has 1 heterocycles. The molecule has 1 aromatic heterocycles. The summed E-state index contributed by atoms with van der Waals surface area (Å²) in [7, 11) is 0. The number of aldehydes is 1. The lowest BCUT2D eigenvalue weighted by Crippen LogP contribution is -2.00. The number of carbonyl (C=O) groups excluding carboxylic acids is 2. The van der Waals surface area contributed by atoms with Gasteiger partial charge in [-0.3, -0.25) is 14.6 Å². The zero-order valence-corrected chi connectivity index (χ0v) is 5.45. The number of Topliss-reactive ketones (excluding diaryl/α,β-unsaturated/α-hetero) is 1. The van der Waals surface area contributed by atoms with Crippen LogP contribution in [0.3, 0.4) is 0 Å². The van der Waals surface area contributed by atoms with Crippen LogP contribution in [0.15, 0.2) is 18.5 Å². The summed E-state index contributed by atoms with van der Waals surface area (Å²) in [5, 5.41) is 0. The van der Waals surface area contributed by atoms with Crippen molar-refractivity contribution in [2.45, 2.75) is 0 Å². The van der Waals surface area contributed by atoms with Gasteiger partial charge in [-0.15, -0.1) is 0 Å². The molecule has 1 aromatic rings. The van der Waals surface area contributed by atoms with Gasteiger partial charge in [-0.05, 0) is 6.07 Å². The first-order valence-electron chi connectivity index (χ1n) is 2.84. The standard InChI is InChI=1S/C7H4FNO2/c8-6-1-5(2-9-3-6)7(11)4-10/h1-4H. The highest BCUT2D eigenvalue weighted by molar-refractivity contribution is 6.33. The highest BCUT2D eigenvalue weighted by Gasteiger charge is 2.04. The minimum Gasteiger partial charge on any atom is -0.294 e. The van der Waals surface area contributed by atoms with Gasteiger partial charge in [-0.25, -0.2) is 4.39 Å². The minimum atomic E-state index is -0.767. The third-order valence-electron chi connectivity index (χ3n) is 1.10. The smallest absolute Gasteiger partial charge is 0.227 e. The molecule has 0 atom stereocenters. The van der Waals surface area contributed by atoms with Crippen molar-refractivity contribution < 1.29 is 14.0 Å². The first kappa shape index (κ1) is 7.53. The van der Waals surface area contributed by atoms with Crippen LogP contribution in [0.5, 0.6) is 0 Å². The van der Waals surface area contributed by atoms with E-state index in [0.717, 1.165) is 18.5 Å². The van der Waals surface area contributed by atoms with Crippen molar-refractivity contribution >= 4 is 12.1 Å². The molecule has 0 spiro atoms. The summed E-state index contributed by atoms with van der Waals surface area (Å²) in [6.07, 6.45) is 2.22. The molecule has 0 aliphatic carbocycles. The highest BCUT2D eigenvalue weighted by Crippen LogP contribution is 1.99. The maximum atomic E-state index is 12.3. The van der Waals surface area contributed by atoms with E-state index < -0.39 is 11.6 Å². The summed E-state index contributed by atoms with van der Waals surface area (Å²) < 4.78 is 12.3. The van der Waals surface area contributed by atoms with Gasteiger partial charge in [0.1, 0.15) is 5.82 Å². The summed E-state index contributed by atoms with van der Waals surface area (Å²) in [6, 6.07) is 0.962. The molecule has 0 aliphatic heterocycles. The van der Waals surface area contributed by atoms with E-state index >= 15 is 0 Å². The summed E-state index contributed by atoms with van der Waals surface area (Å²) >= 11 is 0. The molecule has 0 saturated heterocycles. The molecule has 0 amide bonds. The zero-order valence-electron chi connectivity index (χ0n) is 5.45. The number of aromatic nitrogens is 1. The summed E-state index contributed by atoms with van der Waals surface area (Å²) in [5.41, 5.74) is -0.0278. The van der Waals surface area contributed by atoms with Crippen molar-refractivity contribution in [1.29, 1.82) is 0 Å². The van der Waals surface area contributed by atoms with Crippen LogP contribution in [0.4, 0.5) is 4.39 Å². The van der Waals surface area contributed by atoms with E-state index in [1.54, 1.807) is 0 Å². The molecule has 0 aromatic carbocycles. The number of hydrogen-bond acceptors (Lipinski definition) is 3. The Morgan fingerprint density at radius 3 is 2.82 bits per heavy atom. The van der Waals surface area contributed by atoms with Gasteiger partial charge in [0.05, 0.1) is 6.20 Å². The van der Waals surface area contributed by atoms with Gasteiger partial charge in [0.2, 0.25) is 5.78 Å². The van der Waals surface area contributed by atoms with Gasteiger partial charge in [0, 0.05) is 11.8 Å². The molecule has 0 aliphatic rings. The Kier molecular flexibility index (Phi) is 2.06. The summed E-state index contributed by atoms with van der Waals surface area (Å²) in [6.45, 7) is 0. The van der Waals surface area contributed by atoms with Crippen LogP contribution in [-0.2, 0) is 4.79 Å². The Labute approximate surface area is 61.9 Å². The Morgan fingerprint density at radius 2 is 2.27 bits per heavy atom. The molecule has 0 saturated carbocycles. The molecular weight excluding hydrogens is 149 g/mol. The second-order valence-corrected chi connectivity index (χ2v) is 1.87. The summed E-state index contributed by atoms with van der Waals surface area (Å²) in [4.78, 5) is 23.9.